The van der Waals surface area contributed by atoms with Gasteiger partial charge in [-0.05, 0) is 61.8 Å². The molecular formula is C17H15N3O4S2. The molecule has 0 atom stereocenters. The maximum absolute atomic E-state index is 12.8. The third kappa shape index (κ3) is 2.95. The number of aromatic carboxylic acids is 1. The van der Waals surface area contributed by atoms with Crippen LogP contribution >= 0.6 is 23.6 Å². The smallest absolute Gasteiger partial charge is 0.346 e. The zero-order chi connectivity index (χ0) is 19.2. The van der Waals surface area contributed by atoms with Gasteiger partial charge in [0.15, 0.2) is 0 Å². The van der Waals surface area contributed by atoms with Crippen LogP contribution in [0.25, 0.3) is 10.2 Å². The molecule has 26 heavy (non-hydrogen) atoms. The fourth-order valence-electron chi connectivity index (χ4n) is 2.57. The lowest BCUT2D eigenvalue weighted by molar-refractivity contribution is 0.0701. The maximum atomic E-state index is 12.8. The molecule has 0 spiro atoms. The maximum Gasteiger partial charge on any atom is 0.346 e. The largest absolute Gasteiger partial charge is 0.477 e. The van der Waals surface area contributed by atoms with E-state index in [2.05, 4.69) is 10.4 Å². The Morgan fingerprint density at radius 3 is 2.54 bits per heavy atom. The van der Waals surface area contributed by atoms with E-state index in [1.165, 1.54) is 0 Å². The van der Waals surface area contributed by atoms with Crippen LogP contribution in [0.3, 0.4) is 0 Å². The summed E-state index contributed by atoms with van der Waals surface area (Å²) in [4.78, 5) is 39.8. The van der Waals surface area contributed by atoms with Crippen molar-refractivity contribution in [2.75, 3.05) is 5.43 Å². The number of carbonyl (C=O) groups excluding carboxylic acids is 1. The zero-order valence-electron chi connectivity index (χ0n) is 14.2. The topological polar surface area (TPSA) is 104 Å². The van der Waals surface area contributed by atoms with Crippen molar-refractivity contribution >= 4 is 45.6 Å². The number of hydrogen-bond donors (Lipinski definition) is 3. The number of nitrogens with one attached hydrogen (secondary N) is 2. The van der Waals surface area contributed by atoms with Gasteiger partial charge in [0, 0.05) is 5.56 Å². The van der Waals surface area contributed by atoms with E-state index in [1.54, 1.807) is 19.1 Å². The van der Waals surface area contributed by atoms with Gasteiger partial charge in [-0.3, -0.25) is 15.0 Å². The average molecular weight is 389 g/mol. The molecule has 0 unspecified atom stereocenters. The minimum Gasteiger partial charge on any atom is -0.477 e. The number of fused-ring (bicyclic) bond motifs is 1. The Morgan fingerprint density at radius 2 is 1.92 bits per heavy atom. The number of rotatable bonds is 3. The highest BCUT2D eigenvalue weighted by atomic mass is 32.1. The molecule has 3 rings (SSSR count). The number of carboxylic acids is 1. The predicted molar refractivity (Wildman–Crippen MR) is 103 cm³/mol. The van der Waals surface area contributed by atoms with Gasteiger partial charge in [0.25, 0.3) is 11.5 Å². The van der Waals surface area contributed by atoms with Crippen LogP contribution in [-0.2, 0) is 0 Å². The molecule has 1 aromatic carbocycles. The summed E-state index contributed by atoms with van der Waals surface area (Å²) in [5, 5.41) is 9.43. The fraction of sp³-hybridized carbons (Fsp3) is 0.176. The van der Waals surface area contributed by atoms with Crippen molar-refractivity contribution < 1.29 is 14.7 Å². The van der Waals surface area contributed by atoms with E-state index < -0.39 is 17.4 Å². The quantitative estimate of drug-likeness (QED) is 0.597. The lowest BCUT2D eigenvalue weighted by atomic mass is 10.1. The number of H-pyrrole nitrogens is 1. The highest BCUT2D eigenvalue weighted by Gasteiger charge is 2.20. The van der Waals surface area contributed by atoms with Crippen molar-refractivity contribution in [3.05, 3.63) is 60.5 Å². The minimum absolute atomic E-state index is 0.0159. The molecule has 3 aromatic rings. The Hall–Kier alpha value is -2.78. The summed E-state index contributed by atoms with van der Waals surface area (Å²) in [7, 11) is 0. The number of benzene rings is 1. The number of thiophene rings is 1. The van der Waals surface area contributed by atoms with Gasteiger partial charge in [-0.15, -0.1) is 11.3 Å². The summed E-state index contributed by atoms with van der Waals surface area (Å²) in [6.07, 6.45) is 0. The number of carboxylic acid groups (broad SMARTS) is 1. The van der Waals surface area contributed by atoms with Crippen molar-refractivity contribution in [2.24, 2.45) is 0 Å². The van der Waals surface area contributed by atoms with Crippen LogP contribution in [0.2, 0.25) is 0 Å². The second-order valence-electron chi connectivity index (χ2n) is 5.88. The van der Waals surface area contributed by atoms with Crippen molar-refractivity contribution in [1.29, 1.82) is 0 Å². The molecule has 7 nitrogen and oxygen atoms in total. The first-order chi connectivity index (χ1) is 12.2. The van der Waals surface area contributed by atoms with Crippen LogP contribution in [0.15, 0.2) is 23.0 Å². The van der Waals surface area contributed by atoms with E-state index in [-0.39, 0.29) is 15.0 Å². The van der Waals surface area contributed by atoms with Crippen LogP contribution < -0.4 is 11.0 Å². The van der Waals surface area contributed by atoms with Gasteiger partial charge in [0.05, 0.1) is 5.39 Å². The van der Waals surface area contributed by atoms with E-state index >= 15 is 0 Å². The summed E-state index contributed by atoms with van der Waals surface area (Å²) in [5.74, 6) is -1.60. The molecular weight excluding hydrogens is 374 g/mol. The van der Waals surface area contributed by atoms with Crippen LogP contribution in [0.4, 0.5) is 0 Å². The third-order valence-corrected chi connectivity index (χ3v) is 5.64. The number of nitrogens with zero attached hydrogens (tertiary/aromatic N) is 1. The number of carbonyl (C=O) groups is 2. The molecule has 3 N–H and O–H groups in total. The highest BCUT2D eigenvalue weighted by molar-refractivity contribution is 7.71. The normalized spacial score (nSPS) is 10.9. The Labute approximate surface area is 156 Å². The standard InChI is InChI=1S/C17H15N3O4S2/c1-7-4-5-10(6-8(7)2)13(21)19-20-15(22)11-9(3)12(16(23)24)26-14(11)18-17(20)25/h4-6H,1-3H3,(H,18,25)(H,19,21)(H,23,24). The molecule has 0 saturated heterocycles. The molecule has 0 aliphatic heterocycles. The fourth-order valence-corrected chi connectivity index (χ4v) is 3.90. The van der Waals surface area contributed by atoms with Gasteiger partial charge >= 0.3 is 5.97 Å². The van der Waals surface area contributed by atoms with Gasteiger partial charge in [-0.1, -0.05) is 6.07 Å². The average Bonchev–Trinajstić information content (AvgIpc) is 2.90. The van der Waals surface area contributed by atoms with Crippen molar-refractivity contribution in [2.45, 2.75) is 20.8 Å². The first kappa shape index (κ1) is 18.0. The zero-order valence-corrected chi connectivity index (χ0v) is 15.8. The summed E-state index contributed by atoms with van der Waals surface area (Å²) in [5.41, 5.74) is 4.64. The first-order valence-corrected chi connectivity index (χ1v) is 8.83. The van der Waals surface area contributed by atoms with Gasteiger partial charge in [0.2, 0.25) is 4.77 Å². The molecule has 2 aromatic heterocycles. The highest BCUT2D eigenvalue weighted by Crippen LogP contribution is 2.26. The van der Waals surface area contributed by atoms with Crippen molar-refractivity contribution in [1.82, 2.24) is 9.66 Å². The van der Waals surface area contributed by atoms with E-state index in [0.29, 0.717) is 16.0 Å². The van der Waals surface area contributed by atoms with Gasteiger partial charge in [-0.2, -0.15) is 4.68 Å². The molecule has 2 heterocycles. The summed E-state index contributed by atoms with van der Waals surface area (Å²) < 4.78 is 0.915. The number of hydrogen-bond acceptors (Lipinski definition) is 5. The molecule has 134 valence electrons. The molecule has 0 fully saturated rings. The molecule has 0 saturated carbocycles. The van der Waals surface area contributed by atoms with Gasteiger partial charge in [-0.25, -0.2) is 4.79 Å². The number of amides is 1. The second-order valence-corrected chi connectivity index (χ2v) is 7.28. The minimum atomic E-state index is -1.12. The second kappa shape index (κ2) is 6.50. The van der Waals surface area contributed by atoms with Crippen LogP contribution in [0.5, 0.6) is 0 Å². The van der Waals surface area contributed by atoms with Gasteiger partial charge in [0.1, 0.15) is 9.71 Å². The monoisotopic (exact) mass is 389 g/mol. The molecule has 0 aliphatic rings. The Bertz CT molecular complexity index is 1190. The molecule has 0 aliphatic carbocycles. The summed E-state index contributed by atoms with van der Waals surface area (Å²) in [6, 6.07) is 5.20. The van der Waals surface area contributed by atoms with Crippen molar-refractivity contribution in [3.8, 4) is 0 Å². The SMILES string of the molecule is Cc1ccc(C(=O)Nn2c(=S)[nH]c3sc(C(=O)O)c(C)c3c2=O)cc1C. The van der Waals surface area contributed by atoms with E-state index in [1.807, 2.05) is 19.9 Å². The number of aromatic amines is 1. The molecule has 0 bridgehead atoms. The lowest BCUT2D eigenvalue weighted by Gasteiger charge is -2.10. The van der Waals surface area contributed by atoms with Crippen LogP contribution in [0, 0.1) is 25.5 Å². The Morgan fingerprint density at radius 1 is 1.23 bits per heavy atom. The number of aryl methyl sites for hydroxylation is 3. The van der Waals surface area contributed by atoms with Gasteiger partial charge < -0.3 is 10.1 Å². The molecule has 0 radical (unpaired) electrons. The van der Waals surface area contributed by atoms with E-state index in [4.69, 9.17) is 12.2 Å². The lowest BCUT2D eigenvalue weighted by Crippen LogP contribution is -2.34. The first-order valence-electron chi connectivity index (χ1n) is 7.61. The van der Waals surface area contributed by atoms with Crippen LogP contribution in [-0.4, -0.2) is 26.6 Å². The Kier molecular flexibility index (Phi) is 4.51. The molecule has 9 heteroatoms. The van der Waals surface area contributed by atoms with Crippen LogP contribution in [0.1, 0.15) is 36.7 Å². The van der Waals surface area contributed by atoms with E-state index in [0.717, 1.165) is 27.1 Å². The summed E-state index contributed by atoms with van der Waals surface area (Å²) in [6.45, 7) is 5.37. The van der Waals surface area contributed by atoms with E-state index in [9.17, 15) is 19.5 Å². The Balaban J connectivity index is 2.10. The third-order valence-electron chi connectivity index (χ3n) is 4.16. The summed E-state index contributed by atoms with van der Waals surface area (Å²) >= 11 is 6.09. The van der Waals surface area contributed by atoms with Crippen molar-refractivity contribution in [3.63, 3.8) is 0 Å². The molecule has 1 amide bonds. The predicted octanol–water partition coefficient (Wildman–Crippen LogP) is 3.13. The number of aromatic nitrogens is 2.